The highest BCUT2D eigenvalue weighted by atomic mass is 16.6. The van der Waals surface area contributed by atoms with Gasteiger partial charge in [0.25, 0.3) is 0 Å². The van der Waals surface area contributed by atoms with Crippen LogP contribution in [0.2, 0.25) is 0 Å². The standard InChI is InChI=1S/C30H43NO4/c1-17-19-7-8-27(5)20(26(19,4)14-18-16-31-35-23(17)18)13-22(32)30-21-15-25(2,3)9-11-29(21,24(33)34-30)12-10-28(27,30)6/h13,16-17,19,21-22,24,32-33H,7-12,14-15H2,1-6H3/t17-,19-,21?,22+,24?,26-,27+,28-,29-,30+/m0/s1. The van der Waals surface area contributed by atoms with Crippen LogP contribution in [0, 0.1) is 38.9 Å². The highest BCUT2D eigenvalue weighted by Gasteiger charge is 2.80. The van der Waals surface area contributed by atoms with Crippen LogP contribution in [0.4, 0.5) is 0 Å². The van der Waals surface area contributed by atoms with Crippen molar-refractivity contribution in [3.8, 4) is 0 Å². The zero-order valence-corrected chi connectivity index (χ0v) is 22.4. The van der Waals surface area contributed by atoms with Crippen molar-refractivity contribution < 1.29 is 19.5 Å². The Morgan fingerprint density at radius 2 is 1.74 bits per heavy atom. The lowest BCUT2D eigenvalue weighted by atomic mass is 9.33. The second-order valence-corrected chi connectivity index (χ2v) is 14.9. The molecule has 1 aliphatic heterocycles. The molecule has 0 aromatic carbocycles. The molecule has 3 saturated carbocycles. The summed E-state index contributed by atoms with van der Waals surface area (Å²) in [6.07, 6.45) is 10.9. The molecule has 5 aliphatic carbocycles. The van der Waals surface area contributed by atoms with Gasteiger partial charge in [-0.2, -0.15) is 0 Å². The quantitative estimate of drug-likeness (QED) is 0.461. The van der Waals surface area contributed by atoms with Crippen molar-refractivity contribution in [1.29, 1.82) is 0 Å². The van der Waals surface area contributed by atoms with Crippen LogP contribution in [0.5, 0.6) is 0 Å². The SMILES string of the molecule is C[C@@H]1c2oncc2C[C@]2(C)C3=C[C@@H](O)[C@]45OC(O)[C@@]6(CCC(C)(C)CC64)CC[C@@]5(C)[C@]3(C)CC[C@@H]12. The van der Waals surface area contributed by atoms with E-state index in [1.165, 1.54) is 11.1 Å². The molecular formula is C30H43NO4. The van der Waals surface area contributed by atoms with E-state index in [2.05, 4.69) is 52.8 Å². The molecule has 1 saturated heterocycles. The zero-order chi connectivity index (χ0) is 24.8. The van der Waals surface area contributed by atoms with Crippen molar-refractivity contribution in [2.45, 2.75) is 117 Å². The number of fused-ring (bicyclic) bond motifs is 5. The normalized spacial score (nSPS) is 55.7. The van der Waals surface area contributed by atoms with Gasteiger partial charge in [-0.3, -0.25) is 0 Å². The molecule has 2 bridgehead atoms. The molecule has 5 heteroatoms. The number of nitrogens with zero attached hydrogens (tertiary/aromatic N) is 1. The number of aliphatic hydroxyl groups is 2. The third-order valence-corrected chi connectivity index (χ3v) is 13.2. The Morgan fingerprint density at radius 1 is 1.00 bits per heavy atom. The molecule has 35 heavy (non-hydrogen) atoms. The van der Waals surface area contributed by atoms with E-state index in [9.17, 15) is 10.2 Å². The van der Waals surface area contributed by atoms with E-state index in [1.54, 1.807) is 0 Å². The highest BCUT2D eigenvalue weighted by molar-refractivity contribution is 5.44. The Balaban J connectivity index is 1.42. The van der Waals surface area contributed by atoms with Gasteiger partial charge in [0.1, 0.15) is 17.5 Å². The smallest absolute Gasteiger partial charge is 0.161 e. The summed E-state index contributed by atoms with van der Waals surface area (Å²) in [6, 6.07) is 0. The summed E-state index contributed by atoms with van der Waals surface area (Å²) in [4.78, 5) is 0. The van der Waals surface area contributed by atoms with Crippen LogP contribution in [0.25, 0.3) is 0 Å². The van der Waals surface area contributed by atoms with E-state index in [4.69, 9.17) is 9.26 Å². The number of hydrogen-bond acceptors (Lipinski definition) is 5. The summed E-state index contributed by atoms with van der Waals surface area (Å²) in [5.74, 6) is 2.03. The minimum absolute atomic E-state index is 0.0475. The number of allylic oxidation sites excluding steroid dienone is 1. The number of aliphatic hydroxyl groups excluding tert-OH is 2. The lowest BCUT2D eigenvalue weighted by molar-refractivity contribution is -0.263. The molecule has 1 spiro atoms. The minimum Gasteiger partial charge on any atom is -0.386 e. The molecule has 10 atom stereocenters. The van der Waals surface area contributed by atoms with E-state index in [1.807, 2.05) is 6.20 Å². The first kappa shape index (κ1) is 23.0. The molecule has 2 heterocycles. The molecule has 0 amide bonds. The number of aromatic nitrogens is 1. The number of rotatable bonds is 0. The summed E-state index contributed by atoms with van der Waals surface area (Å²) in [5.41, 5.74) is 1.53. The fourth-order valence-electron chi connectivity index (χ4n) is 11.1. The highest BCUT2D eigenvalue weighted by Crippen LogP contribution is 2.79. The molecule has 1 aromatic heterocycles. The average molecular weight is 482 g/mol. The second-order valence-electron chi connectivity index (χ2n) is 14.9. The minimum atomic E-state index is -0.778. The van der Waals surface area contributed by atoms with E-state index < -0.39 is 18.0 Å². The molecule has 7 rings (SSSR count). The Morgan fingerprint density at radius 3 is 2.51 bits per heavy atom. The average Bonchev–Trinajstić information content (AvgIpc) is 3.31. The molecule has 2 unspecified atom stereocenters. The van der Waals surface area contributed by atoms with Crippen LogP contribution in [-0.4, -0.2) is 33.4 Å². The molecule has 6 aliphatic rings. The van der Waals surface area contributed by atoms with Crippen LogP contribution in [0.1, 0.15) is 104 Å². The monoisotopic (exact) mass is 481 g/mol. The summed E-state index contributed by atoms with van der Waals surface area (Å²) in [7, 11) is 0. The fourth-order valence-corrected chi connectivity index (χ4v) is 11.1. The van der Waals surface area contributed by atoms with Gasteiger partial charge in [-0.15, -0.1) is 0 Å². The molecule has 4 fully saturated rings. The second kappa shape index (κ2) is 6.45. The molecule has 5 nitrogen and oxygen atoms in total. The molecule has 192 valence electrons. The largest absolute Gasteiger partial charge is 0.386 e. The lowest BCUT2D eigenvalue weighted by Gasteiger charge is -2.71. The van der Waals surface area contributed by atoms with Crippen molar-refractivity contribution in [2.75, 3.05) is 0 Å². The van der Waals surface area contributed by atoms with E-state index in [-0.39, 0.29) is 33.0 Å². The predicted octanol–water partition coefficient (Wildman–Crippen LogP) is 5.76. The Labute approximate surface area is 209 Å². The van der Waals surface area contributed by atoms with Gasteiger partial charge in [0.15, 0.2) is 6.29 Å². The fraction of sp³-hybridized carbons (Fsp3) is 0.833. The molecular weight excluding hydrogens is 438 g/mol. The third kappa shape index (κ3) is 2.33. The Kier molecular flexibility index (Phi) is 4.23. The molecule has 1 aromatic rings. The van der Waals surface area contributed by atoms with Crippen molar-refractivity contribution in [1.82, 2.24) is 5.16 Å². The molecule has 2 N–H and O–H groups in total. The summed E-state index contributed by atoms with van der Waals surface area (Å²) < 4.78 is 12.5. The summed E-state index contributed by atoms with van der Waals surface area (Å²) >= 11 is 0. The zero-order valence-electron chi connectivity index (χ0n) is 22.4. The van der Waals surface area contributed by atoms with E-state index >= 15 is 0 Å². The van der Waals surface area contributed by atoms with Gasteiger partial charge in [-0.25, -0.2) is 0 Å². The Bertz CT molecular complexity index is 1120. The predicted molar refractivity (Wildman–Crippen MR) is 132 cm³/mol. The first-order valence-corrected chi connectivity index (χ1v) is 14.0. The van der Waals surface area contributed by atoms with Crippen molar-refractivity contribution >= 4 is 0 Å². The van der Waals surface area contributed by atoms with Crippen molar-refractivity contribution in [2.24, 2.45) is 38.9 Å². The van der Waals surface area contributed by atoms with E-state index in [0.29, 0.717) is 11.8 Å². The first-order valence-electron chi connectivity index (χ1n) is 14.0. The van der Waals surface area contributed by atoms with Crippen molar-refractivity contribution in [3.63, 3.8) is 0 Å². The third-order valence-electron chi connectivity index (χ3n) is 13.2. The number of hydrogen-bond donors (Lipinski definition) is 2. The maximum Gasteiger partial charge on any atom is 0.161 e. The van der Waals surface area contributed by atoms with Gasteiger partial charge in [-0.1, -0.05) is 58.3 Å². The van der Waals surface area contributed by atoms with Gasteiger partial charge >= 0.3 is 0 Å². The maximum absolute atomic E-state index is 12.2. The Hall–Kier alpha value is -1.17. The van der Waals surface area contributed by atoms with Crippen molar-refractivity contribution in [3.05, 3.63) is 29.2 Å². The van der Waals surface area contributed by atoms with Crippen LogP contribution < -0.4 is 0 Å². The first-order chi connectivity index (χ1) is 16.3. The lowest BCUT2D eigenvalue weighted by Crippen LogP contribution is -2.72. The van der Waals surface area contributed by atoms with Crippen LogP contribution in [0.15, 0.2) is 22.4 Å². The maximum atomic E-state index is 12.2. The van der Waals surface area contributed by atoms with Crippen LogP contribution >= 0.6 is 0 Å². The van der Waals surface area contributed by atoms with Gasteiger partial charge in [0.05, 0.1) is 6.20 Å². The summed E-state index contributed by atoms with van der Waals surface area (Å²) in [5, 5.41) is 27.9. The van der Waals surface area contributed by atoms with E-state index in [0.717, 1.165) is 57.1 Å². The van der Waals surface area contributed by atoms with Gasteiger partial charge in [-0.05, 0) is 73.5 Å². The van der Waals surface area contributed by atoms with Crippen LogP contribution in [-0.2, 0) is 11.2 Å². The van der Waals surface area contributed by atoms with Gasteiger partial charge in [0, 0.05) is 28.2 Å². The van der Waals surface area contributed by atoms with Gasteiger partial charge in [0.2, 0.25) is 0 Å². The molecule has 0 radical (unpaired) electrons. The van der Waals surface area contributed by atoms with Gasteiger partial charge < -0.3 is 19.5 Å². The number of ether oxygens (including phenoxy) is 1. The van der Waals surface area contributed by atoms with Crippen LogP contribution in [0.3, 0.4) is 0 Å². The topological polar surface area (TPSA) is 75.7 Å². The summed E-state index contributed by atoms with van der Waals surface area (Å²) in [6.45, 7) is 14.3.